The molecule has 0 atom stereocenters. The van der Waals surface area contributed by atoms with E-state index in [0.29, 0.717) is 31.8 Å². The number of hydrogen-bond acceptors (Lipinski definition) is 7. The van der Waals surface area contributed by atoms with Gasteiger partial charge < -0.3 is 30.6 Å². The van der Waals surface area contributed by atoms with Crippen molar-refractivity contribution in [1.29, 1.82) is 0 Å². The summed E-state index contributed by atoms with van der Waals surface area (Å²) in [6, 6.07) is 0. The Labute approximate surface area is 181 Å². The van der Waals surface area contributed by atoms with Gasteiger partial charge in [0.15, 0.2) is 11.6 Å². The summed E-state index contributed by atoms with van der Waals surface area (Å²) in [4.78, 5) is 10.9. The van der Waals surface area contributed by atoms with Crippen LogP contribution in [0, 0.1) is 0 Å². The predicted molar refractivity (Wildman–Crippen MR) is 92.2 cm³/mol. The monoisotopic (exact) mass is 381 g/mol. The molecule has 3 radical (unpaired) electrons. The molecular formula is C17H31BNaO7. The van der Waals surface area contributed by atoms with E-state index in [9.17, 15) is 9.90 Å². The van der Waals surface area contributed by atoms with E-state index in [0.717, 1.165) is 58.8 Å². The first kappa shape index (κ1) is 26.5. The number of ether oxygens (including phenoxy) is 4. The van der Waals surface area contributed by atoms with Crippen molar-refractivity contribution >= 4 is 14.2 Å². The van der Waals surface area contributed by atoms with Gasteiger partial charge in [-0.05, 0) is 12.8 Å². The normalized spacial score (nSPS) is 26.0. The second-order valence-corrected chi connectivity index (χ2v) is 6.49. The minimum absolute atomic E-state index is 0. The fraction of sp³-hybridized carbons (Fsp3) is 0.941. The Morgan fingerprint density at radius 1 is 0.846 bits per heavy atom. The molecule has 9 heteroatoms. The molecule has 2 aliphatic heterocycles. The van der Waals surface area contributed by atoms with Crippen LogP contribution in [0.2, 0.25) is 0 Å². The minimum Gasteiger partial charge on any atom is -1.00 e. The van der Waals surface area contributed by atoms with Crippen LogP contribution in [0.4, 0.5) is 0 Å². The van der Waals surface area contributed by atoms with E-state index >= 15 is 0 Å². The largest absolute Gasteiger partial charge is 1.00 e. The second kappa shape index (κ2) is 12.9. The summed E-state index contributed by atoms with van der Waals surface area (Å²) in [5.74, 6) is -0.331. The fourth-order valence-electron chi connectivity index (χ4n) is 3.52. The molecular weight excluding hydrogens is 350 g/mol. The van der Waals surface area contributed by atoms with Crippen LogP contribution in [0.25, 0.3) is 0 Å². The molecule has 145 valence electrons. The summed E-state index contributed by atoms with van der Waals surface area (Å²) in [7, 11) is 1.00. The van der Waals surface area contributed by atoms with Gasteiger partial charge in [-0.3, -0.25) is 4.79 Å². The maximum atomic E-state index is 10.9. The van der Waals surface area contributed by atoms with Gasteiger partial charge in [0, 0.05) is 54.0 Å². The summed E-state index contributed by atoms with van der Waals surface area (Å²) in [5.41, 5.74) is 0. The molecule has 4 rings (SSSR count). The van der Waals surface area contributed by atoms with Crippen molar-refractivity contribution in [3.05, 3.63) is 0 Å². The molecule has 4 aliphatic rings. The summed E-state index contributed by atoms with van der Waals surface area (Å²) >= 11 is 0. The van der Waals surface area contributed by atoms with Crippen molar-refractivity contribution in [2.24, 2.45) is 0 Å². The molecule has 2 N–H and O–H groups in total. The van der Waals surface area contributed by atoms with E-state index in [1.165, 1.54) is 0 Å². The number of carbonyl (C=O) groups excluding carboxylic acids is 1. The summed E-state index contributed by atoms with van der Waals surface area (Å²) < 4.78 is 21.9. The zero-order valence-electron chi connectivity index (χ0n) is 17.1. The molecule has 2 saturated carbocycles. The van der Waals surface area contributed by atoms with Crippen LogP contribution in [0.5, 0.6) is 0 Å². The van der Waals surface area contributed by atoms with Gasteiger partial charge in [0.25, 0.3) is 0 Å². The average molecular weight is 381 g/mol. The first-order chi connectivity index (χ1) is 11.6. The van der Waals surface area contributed by atoms with Crippen LogP contribution in [0.1, 0.15) is 52.8 Å². The van der Waals surface area contributed by atoms with Crippen molar-refractivity contribution < 1.29 is 64.9 Å². The Hall–Kier alpha value is 0.495. The third kappa shape index (κ3) is 7.49. The molecule has 0 aromatic carbocycles. The molecule has 0 unspecified atom stereocenters. The van der Waals surface area contributed by atoms with Crippen molar-refractivity contribution in [3.63, 3.8) is 0 Å². The zero-order valence-corrected chi connectivity index (χ0v) is 18.1. The van der Waals surface area contributed by atoms with Crippen LogP contribution in [-0.4, -0.2) is 75.6 Å². The molecule has 2 spiro atoms. The van der Waals surface area contributed by atoms with E-state index in [2.05, 4.69) is 0 Å². The van der Waals surface area contributed by atoms with Gasteiger partial charge >= 0.3 is 29.6 Å². The number of Topliss-reactive ketones (excluding diaryl/α,β-unsaturated/α-hetero) is 1. The van der Waals surface area contributed by atoms with Gasteiger partial charge in [-0.25, -0.2) is 0 Å². The third-order valence-corrected chi connectivity index (χ3v) is 4.91. The van der Waals surface area contributed by atoms with Crippen LogP contribution >= 0.6 is 0 Å². The average Bonchev–Trinajstić information content (AvgIpc) is 3.27. The molecule has 0 aromatic heterocycles. The van der Waals surface area contributed by atoms with Crippen LogP contribution in [0.15, 0.2) is 0 Å². The number of hydrogen-bond donors (Lipinski definition) is 2. The maximum absolute atomic E-state index is 10.9. The summed E-state index contributed by atoms with van der Waals surface area (Å²) in [6.45, 7) is 2.81. The van der Waals surface area contributed by atoms with Gasteiger partial charge in [0.1, 0.15) is 5.78 Å². The van der Waals surface area contributed by atoms with Gasteiger partial charge in [-0.2, -0.15) is 0 Å². The Morgan fingerprint density at radius 3 is 1.58 bits per heavy atom. The number of carbonyl (C=O) groups is 1. The van der Waals surface area contributed by atoms with Crippen molar-refractivity contribution in [1.82, 2.24) is 0 Å². The maximum Gasteiger partial charge on any atom is 1.00 e. The Morgan fingerprint density at radius 2 is 1.19 bits per heavy atom. The van der Waals surface area contributed by atoms with E-state index in [1.54, 1.807) is 0 Å². The molecule has 7 nitrogen and oxygen atoms in total. The van der Waals surface area contributed by atoms with E-state index in [4.69, 9.17) is 24.1 Å². The summed E-state index contributed by atoms with van der Waals surface area (Å²) in [5, 5.41) is 16.2. The Bertz CT molecular complexity index is 383. The van der Waals surface area contributed by atoms with Gasteiger partial charge in [0.2, 0.25) is 0 Å². The van der Waals surface area contributed by atoms with E-state index in [1.807, 2.05) is 0 Å². The van der Waals surface area contributed by atoms with Crippen LogP contribution < -0.4 is 29.6 Å². The third-order valence-electron chi connectivity index (χ3n) is 4.91. The standard InChI is InChI=1S/C8H14O3.C8H12O3.CH4O.B.Na.H/c2*9-7-1-3-8(4-2-7)10-5-6-11-8;1-2;;;/h7,9H,1-6H2;1-6H2;2H,1H3;;;/q;;;;+1;-1. The van der Waals surface area contributed by atoms with Gasteiger partial charge in [0.05, 0.1) is 32.5 Å². The number of ketones is 1. The molecule has 0 amide bonds. The molecule has 4 fully saturated rings. The summed E-state index contributed by atoms with van der Waals surface area (Å²) in [6.07, 6.45) is 5.98. The van der Waals surface area contributed by atoms with Gasteiger partial charge in [-0.1, -0.05) is 0 Å². The van der Waals surface area contributed by atoms with Crippen LogP contribution in [0.3, 0.4) is 0 Å². The van der Waals surface area contributed by atoms with Crippen molar-refractivity contribution in [2.45, 2.75) is 69.0 Å². The topological polar surface area (TPSA) is 94.5 Å². The number of aliphatic hydroxyl groups is 2. The second-order valence-electron chi connectivity index (χ2n) is 6.49. The van der Waals surface area contributed by atoms with Crippen molar-refractivity contribution in [3.8, 4) is 0 Å². The fourth-order valence-corrected chi connectivity index (χ4v) is 3.52. The molecule has 26 heavy (non-hydrogen) atoms. The minimum atomic E-state index is -0.367. The molecule has 2 saturated heterocycles. The van der Waals surface area contributed by atoms with Gasteiger partial charge in [-0.15, -0.1) is 0 Å². The van der Waals surface area contributed by atoms with E-state index in [-0.39, 0.29) is 57.1 Å². The first-order valence-electron chi connectivity index (χ1n) is 8.82. The SMILES string of the molecule is CO.O=C1CCC2(CC1)OCCO2.OC1CCC2(CC1)OCCO2.[B].[H-].[Na+]. The quantitative estimate of drug-likeness (QED) is 0.464. The molecule has 0 bridgehead atoms. The Kier molecular flexibility index (Phi) is 13.1. The molecule has 2 heterocycles. The van der Waals surface area contributed by atoms with E-state index < -0.39 is 0 Å². The van der Waals surface area contributed by atoms with Crippen LogP contribution in [-0.2, 0) is 23.7 Å². The predicted octanol–water partition coefficient (Wildman–Crippen LogP) is -2.12. The van der Waals surface area contributed by atoms with Crippen molar-refractivity contribution in [2.75, 3.05) is 33.5 Å². The number of aliphatic hydroxyl groups excluding tert-OH is 2. The zero-order chi connectivity index (χ0) is 17.5. The smallest absolute Gasteiger partial charge is 1.00 e. The number of rotatable bonds is 0. The Balaban J connectivity index is 0. The molecule has 0 aromatic rings. The molecule has 2 aliphatic carbocycles. The first-order valence-corrected chi connectivity index (χ1v) is 8.82.